The Labute approximate surface area is 92.6 Å². The molecular weight excluding hydrogens is 196 g/mol. The second-order valence-corrected chi connectivity index (χ2v) is 4.53. The molecule has 0 atom stereocenters. The van der Waals surface area contributed by atoms with Crippen molar-refractivity contribution in [2.24, 2.45) is 5.41 Å². The van der Waals surface area contributed by atoms with Gasteiger partial charge in [0, 0.05) is 26.8 Å². The lowest BCUT2D eigenvalue weighted by atomic mass is 9.90. The molecule has 3 nitrogen and oxygen atoms in total. The van der Waals surface area contributed by atoms with E-state index in [-0.39, 0.29) is 5.41 Å². The van der Waals surface area contributed by atoms with Crippen LogP contribution in [0.2, 0.25) is 0 Å². The van der Waals surface area contributed by atoms with E-state index in [9.17, 15) is 0 Å². The van der Waals surface area contributed by atoms with Crippen molar-refractivity contribution < 1.29 is 4.74 Å². The first-order valence-corrected chi connectivity index (χ1v) is 5.43. The van der Waals surface area contributed by atoms with Crippen LogP contribution in [-0.2, 0) is 4.74 Å². The smallest absolute Gasteiger partial charge is 0.166 e. The van der Waals surface area contributed by atoms with Gasteiger partial charge in [0.1, 0.15) is 0 Å². The normalized spacial score (nSPS) is 11.1. The zero-order valence-electron chi connectivity index (χ0n) is 9.64. The highest BCUT2D eigenvalue weighted by atomic mass is 32.1. The molecule has 0 aromatic carbocycles. The monoisotopic (exact) mass is 218 g/mol. The summed E-state index contributed by atoms with van der Waals surface area (Å²) in [5.74, 6) is 0. The van der Waals surface area contributed by atoms with Crippen LogP contribution in [-0.4, -0.2) is 31.9 Å². The van der Waals surface area contributed by atoms with Gasteiger partial charge in [-0.15, -0.1) is 0 Å². The zero-order valence-corrected chi connectivity index (χ0v) is 10.5. The van der Waals surface area contributed by atoms with E-state index in [4.69, 9.17) is 17.0 Å². The maximum absolute atomic E-state index is 5.08. The molecule has 0 radical (unpaired) electrons. The van der Waals surface area contributed by atoms with Crippen molar-refractivity contribution in [1.82, 2.24) is 10.6 Å². The fourth-order valence-corrected chi connectivity index (χ4v) is 1.23. The summed E-state index contributed by atoms with van der Waals surface area (Å²) in [4.78, 5) is 0. The van der Waals surface area contributed by atoms with Gasteiger partial charge in [0.05, 0.1) is 0 Å². The molecule has 0 aliphatic rings. The number of hydrogen-bond acceptors (Lipinski definition) is 2. The molecule has 0 fully saturated rings. The lowest BCUT2D eigenvalue weighted by Crippen LogP contribution is -2.40. The first-order valence-electron chi connectivity index (χ1n) is 5.02. The second kappa shape index (κ2) is 7.01. The molecule has 0 aliphatic heterocycles. The van der Waals surface area contributed by atoms with E-state index in [1.165, 1.54) is 0 Å². The van der Waals surface area contributed by atoms with Crippen molar-refractivity contribution in [3.63, 3.8) is 0 Å². The molecule has 0 bridgehead atoms. The largest absolute Gasteiger partial charge is 0.385 e. The van der Waals surface area contributed by atoms with Gasteiger partial charge in [-0.1, -0.05) is 13.8 Å². The maximum atomic E-state index is 5.08. The van der Waals surface area contributed by atoms with Crippen LogP contribution in [0, 0.1) is 5.41 Å². The predicted molar refractivity (Wildman–Crippen MR) is 64.6 cm³/mol. The van der Waals surface area contributed by atoms with Crippen molar-refractivity contribution in [3.05, 3.63) is 0 Å². The number of rotatable bonds is 6. The van der Waals surface area contributed by atoms with Crippen LogP contribution in [0.5, 0.6) is 0 Å². The van der Waals surface area contributed by atoms with Gasteiger partial charge in [-0.2, -0.15) is 0 Å². The van der Waals surface area contributed by atoms with Gasteiger partial charge < -0.3 is 15.4 Å². The Bertz CT molecular complexity index is 172. The minimum absolute atomic E-state index is 0.218. The van der Waals surface area contributed by atoms with Crippen molar-refractivity contribution >= 4 is 17.3 Å². The van der Waals surface area contributed by atoms with Gasteiger partial charge in [0.25, 0.3) is 0 Å². The third kappa shape index (κ3) is 7.09. The van der Waals surface area contributed by atoms with Crippen LogP contribution < -0.4 is 10.6 Å². The van der Waals surface area contributed by atoms with Crippen LogP contribution in [0.15, 0.2) is 0 Å². The molecule has 2 N–H and O–H groups in total. The Kier molecular flexibility index (Phi) is 6.83. The van der Waals surface area contributed by atoms with Gasteiger partial charge in [-0.25, -0.2) is 0 Å². The molecule has 0 saturated carbocycles. The van der Waals surface area contributed by atoms with Crippen molar-refractivity contribution in [2.45, 2.75) is 27.2 Å². The van der Waals surface area contributed by atoms with Crippen LogP contribution in [0.3, 0.4) is 0 Å². The number of ether oxygens (including phenoxy) is 1. The van der Waals surface area contributed by atoms with E-state index in [1.807, 2.05) is 6.92 Å². The zero-order chi connectivity index (χ0) is 11.0. The standard InChI is InChI=1S/C10H22N2OS/c1-5-11-9(14)12-8-10(2,3)6-7-13-4/h5-8H2,1-4H3,(H2,11,12,14). The van der Waals surface area contributed by atoms with Crippen LogP contribution >= 0.6 is 12.2 Å². The first kappa shape index (κ1) is 13.7. The Morgan fingerprint density at radius 1 is 1.36 bits per heavy atom. The lowest BCUT2D eigenvalue weighted by molar-refractivity contribution is 0.153. The molecule has 0 spiro atoms. The molecule has 4 heteroatoms. The van der Waals surface area contributed by atoms with Gasteiger partial charge >= 0.3 is 0 Å². The average Bonchev–Trinajstić information content (AvgIpc) is 2.13. The Hall–Kier alpha value is -0.350. The average molecular weight is 218 g/mol. The highest BCUT2D eigenvalue weighted by Crippen LogP contribution is 2.18. The third-order valence-electron chi connectivity index (χ3n) is 2.05. The molecule has 0 aromatic rings. The number of nitrogens with one attached hydrogen (secondary N) is 2. The summed E-state index contributed by atoms with van der Waals surface area (Å²) in [5.41, 5.74) is 0.218. The SMILES string of the molecule is CCNC(=S)NCC(C)(C)CCOC. The Morgan fingerprint density at radius 3 is 2.50 bits per heavy atom. The van der Waals surface area contributed by atoms with Crippen molar-refractivity contribution in [1.29, 1.82) is 0 Å². The fourth-order valence-electron chi connectivity index (χ4n) is 1.01. The first-order chi connectivity index (χ1) is 6.52. The molecule has 0 amide bonds. The van der Waals surface area contributed by atoms with Crippen LogP contribution in [0.1, 0.15) is 27.2 Å². The van der Waals surface area contributed by atoms with Gasteiger partial charge in [-0.05, 0) is 31.0 Å². The van der Waals surface area contributed by atoms with E-state index < -0.39 is 0 Å². The summed E-state index contributed by atoms with van der Waals surface area (Å²) < 4.78 is 5.06. The minimum Gasteiger partial charge on any atom is -0.385 e. The highest BCUT2D eigenvalue weighted by Gasteiger charge is 2.17. The van der Waals surface area contributed by atoms with E-state index in [0.29, 0.717) is 0 Å². The highest BCUT2D eigenvalue weighted by molar-refractivity contribution is 7.80. The van der Waals surface area contributed by atoms with E-state index in [2.05, 4.69) is 24.5 Å². The molecule has 0 aromatic heterocycles. The van der Waals surface area contributed by atoms with Gasteiger partial charge in [0.15, 0.2) is 5.11 Å². The van der Waals surface area contributed by atoms with Gasteiger partial charge in [0.2, 0.25) is 0 Å². The molecule has 0 aliphatic carbocycles. The fraction of sp³-hybridized carbons (Fsp3) is 0.900. The molecule has 0 rings (SSSR count). The molecule has 14 heavy (non-hydrogen) atoms. The quantitative estimate of drug-likeness (QED) is 0.663. The molecule has 0 heterocycles. The predicted octanol–water partition coefficient (Wildman–Crippen LogP) is 1.53. The molecular formula is C10H22N2OS. The lowest BCUT2D eigenvalue weighted by Gasteiger charge is -2.25. The summed E-state index contributed by atoms with van der Waals surface area (Å²) in [7, 11) is 1.73. The summed E-state index contributed by atoms with van der Waals surface area (Å²) in [6.07, 6.45) is 1.03. The van der Waals surface area contributed by atoms with Crippen molar-refractivity contribution in [3.8, 4) is 0 Å². The minimum atomic E-state index is 0.218. The molecule has 0 unspecified atom stereocenters. The maximum Gasteiger partial charge on any atom is 0.166 e. The van der Waals surface area contributed by atoms with E-state index in [0.717, 1.165) is 31.2 Å². The second-order valence-electron chi connectivity index (χ2n) is 4.12. The molecule has 84 valence electrons. The number of thiocarbonyl (C=S) groups is 1. The number of methoxy groups -OCH3 is 1. The summed E-state index contributed by atoms with van der Waals surface area (Å²) >= 11 is 5.08. The van der Waals surface area contributed by atoms with E-state index >= 15 is 0 Å². The van der Waals surface area contributed by atoms with Crippen LogP contribution in [0.4, 0.5) is 0 Å². The molecule has 0 saturated heterocycles. The van der Waals surface area contributed by atoms with Crippen molar-refractivity contribution in [2.75, 3.05) is 26.8 Å². The topological polar surface area (TPSA) is 33.3 Å². The summed E-state index contributed by atoms with van der Waals surface area (Å²) in [5, 5.41) is 7.00. The summed E-state index contributed by atoms with van der Waals surface area (Å²) in [6, 6.07) is 0. The third-order valence-corrected chi connectivity index (χ3v) is 2.34. The van der Waals surface area contributed by atoms with Crippen LogP contribution in [0.25, 0.3) is 0 Å². The Morgan fingerprint density at radius 2 is 2.00 bits per heavy atom. The Balaban J connectivity index is 3.68. The van der Waals surface area contributed by atoms with E-state index in [1.54, 1.807) is 7.11 Å². The number of hydrogen-bond donors (Lipinski definition) is 2. The van der Waals surface area contributed by atoms with Gasteiger partial charge in [-0.3, -0.25) is 0 Å². The summed E-state index contributed by atoms with van der Waals surface area (Å²) in [6.45, 7) is 8.97.